The van der Waals surface area contributed by atoms with E-state index in [0.29, 0.717) is 11.3 Å². The highest BCUT2D eigenvalue weighted by Gasteiger charge is 2.14. The van der Waals surface area contributed by atoms with Crippen LogP contribution in [0.2, 0.25) is 0 Å². The molecule has 1 unspecified atom stereocenters. The average Bonchev–Trinajstić information content (AvgIpc) is 2.27. The van der Waals surface area contributed by atoms with Crippen LogP contribution in [0.15, 0.2) is 24.3 Å². The van der Waals surface area contributed by atoms with Crippen molar-refractivity contribution >= 4 is 17.5 Å². The lowest BCUT2D eigenvalue weighted by atomic mass is 10.2. The van der Waals surface area contributed by atoms with Crippen LogP contribution in [-0.4, -0.2) is 24.9 Å². The van der Waals surface area contributed by atoms with Gasteiger partial charge in [-0.15, -0.1) is 0 Å². The molecule has 0 aliphatic heterocycles. The lowest BCUT2D eigenvalue weighted by Gasteiger charge is -2.12. The Morgan fingerprint density at radius 1 is 1.38 bits per heavy atom. The largest absolute Gasteiger partial charge is 0.399 e. The smallest absolute Gasteiger partial charge is 0.251 e. The van der Waals surface area contributed by atoms with Gasteiger partial charge in [0.05, 0.1) is 0 Å². The van der Waals surface area contributed by atoms with Crippen molar-refractivity contribution in [3.8, 4) is 0 Å². The Labute approximate surface area is 94.0 Å². The molecule has 16 heavy (non-hydrogen) atoms. The number of hydrogen-bond acceptors (Lipinski definition) is 3. The van der Waals surface area contributed by atoms with Gasteiger partial charge >= 0.3 is 0 Å². The van der Waals surface area contributed by atoms with Crippen LogP contribution < -0.4 is 16.4 Å². The zero-order chi connectivity index (χ0) is 12.1. The average molecular weight is 221 g/mol. The van der Waals surface area contributed by atoms with E-state index in [1.54, 1.807) is 31.2 Å². The minimum atomic E-state index is -0.570. The fourth-order valence-corrected chi connectivity index (χ4v) is 1.24. The quantitative estimate of drug-likeness (QED) is 0.634. The lowest BCUT2D eigenvalue weighted by Crippen LogP contribution is -2.43. The highest BCUT2D eigenvalue weighted by molar-refractivity contribution is 5.97. The first-order valence-corrected chi connectivity index (χ1v) is 4.92. The highest BCUT2D eigenvalue weighted by Crippen LogP contribution is 2.06. The molecule has 0 bridgehead atoms. The summed E-state index contributed by atoms with van der Waals surface area (Å²) in [4.78, 5) is 22.9. The number of carbonyl (C=O) groups excluding carboxylic acids is 2. The molecule has 0 aliphatic carbocycles. The molecule has 1 rings (SSSR count). The van der Waals surface area contributed by atoms with E-state index in [1.807, 2.05) is 0 Å². The van der Waals surface area contributed by atoms with Crippen molar-refractivity contribution in [3.05, 3.63) is 29.8 Å². The maximum absolute atomic E-state index is 11.7. The van der Waals surface area contributed by atoms with Crippen LogP contribution in [0.4, 0.5) is 5.69 Å². The van der Waals surface area contributed by atoms with E-state index in [1.165, 1.54) is 7.05 Å². The number of anilines is 1. The number of nitrogens with two attached hydrogens (primary N) is 1. The molecule has 5 heteroatoms. The third-order valence-electron chi connectivity index (χ3n) is 2.14. The van der Waals surface area contributed by atoms with Gasteiger partial charge in [0, 0.05) is 18.3 Å². The van der Waals surface area contributed by atoms with Gasteiger partial charge in [-0.3, -0.25) is 9.59 Å². The van der Waals surface area contributed by atoms with Gasteiger partial charge in [0.25, 0.3) is 5.91 Å². The molecule has 86 valence electrons. The molecule has 1 aromatic rings. The van der Waals surface area contributed by atoms with Crippen LogP contribution in [0.3, 0.4) is 0 Å². The SMILES string of the molecule is CNC(=O)C(C)NC(=O)c1cccc(N)c1. The Balaban J connectivity index is 2.69. The number of hydrogen-bond donors (Lipinski definition) is 3. The Bertz CT molecular complexity index is 404. The number of amides is 2. The van der Waals surface area contributed by atoms with E-state index in [0.717, 1.165) is 0 Å². The number of nitrogens with one attached hydrogen (secondary N) is 2. The first-order chi connectivity index (χ1) is 7.54. The second kappa shape index (κ2) is 5.16. The summed E-state index contributed by atoms with van der Waals surface area (Å²) in [6.45, 7) is 1.61. The normalized spacial score (nSPS) is 11.6. The summed E-state index contributed by atoms with van der Waals surface area (Å²) in [5, 5.41) is 5.02. The summed E-state index contributed by atoms with van der Waals surface area (Å²) in [5.41, 5.74) is 6.51. The summed E-state index contributed by atoms with van der Waals surface area (Å²) in [7, 11) is 1.52. The summed E-state index contributed by atoms with van der Waals surface area (Å²) in [5.74, 6) is -0.555. The fraction of sp³-hybridized carbons (Fsp3) is 0.273. The predicted molar refractivity (Wildman–Crippen MR) is 61.8 cm³/mol. The minimum Gasteiger partial charge on any atom is -0.399 e. The van der Waals surface area contributed by atoms with Crippen molar-refractivity contribution in [3.63, 3.8) is 0 Å². The number of rotatable bonds is 3. The van der Waals surface area contributed by atoms with Crippen molar-refractivity contribution < 1.29 is 9.59 Å². The van der Waals surface area contributed by atoms with E-state index in [9.17, 15) is 9.59 Å². The van der Waals surface area contributed by atoms with Gasteiger partial charge in [0.1, 0.15) is 6.04 Å². The Kier molecular flexibility index (Phi) is 3.88. The fourth-order valence-electron chi connectivity index (χ4n) is 1.24. The Morgan fingerprint density at radius 3 is 2.62 bits per heavy atom. The number of nitrogen functional groups attached to an aromatic ring is 1. The molecule has 1 atom stereocenters. The van der Waals surface area contributed by atoms with E-state index in [4.69, 9.17) is 5.73 Å². The molecule has 4 N–H and O–H groups in total. The predicted octanol–water partition coefficient (Wildman–Crippen LogP) is 0.133. The van der Waals surface area contributed by atoms with Crippen LogP contribution in [0, 0.1) is 0 Å². The number of carbonyl (C=O) groups is 2. The van der Waals surface area contributed by atoms with E-state index in [-0.39, 0.29) is 11.8 Å². The first-order valence-electron chi connectivity index (χ1n) is 4.92. The number of benzene rings is 1. The maximum atomic E-state index is 11.7. The van der Waals surface area contributed by atoms with Crippen molar-refractivity contribution in [1.29, 1.82) is 0 Å². The highest BCUT2D eigenvalue weighted by atomic mass is 16.2. The molecular formula is C11H15N3O2. The molecular weight excluding hydrogens is 206 g/mol. The van der Waals surface area contributed by atoms with Crippen LogP contribution in [0.25, 0.3) is 0 Å². The van der Waals surface area contributed by atoms with Crippen LogP contribution in [0.5, 0.6) is 0 Å². The standard InChI is InChI=1S/C11H15N3O2/c1-7(10(15)13-2)14-11(16)8-4-3-5-9(12)6-8/h3-7H,12H2,1-2H3,(H,13,15)(H,14,16). The molecule has 0 aromatic heterocycles. The summed E-state index contributed by atoms with van der Waals surface area (Å²) in [6.07, 6.45) is 0. The first kappa shape index (κ1) is 12.0. The molecule has 0 saturated heterocycles. The Hall–Kier alpha value is -2.04. The minimum absolute atomic E-state index is 0.239. The third kappa shape index (κ3) is 2.98. The second-order valence-electron chi connectivity index (χ2n) is 3.43. The number of likely N-dealkylation sites (N-methyl/N-ethyl adjacent to an activating group) is 1. The second-order valence-corrected chi connectivity index (χ2v) is 3.43. The summed E-state index contributed by atoms with van der Waals surface area (Å²) >= 11 is 0. The molecule has 1 aromatic carbocycles. The monoisotopic (exact) mass is 221 g/mol. The molecule has 0 radical (unpaired) electrons. The van der Waals surface area contributed by atoms with Crippen LogP contribution in [-0.2, 0) is 4.79 Å². The molecule has 0 heterocycles. The molecule has 0 fully saturated rings. The van der Waals surface area contributed by atoms with Gasteiger partial charge in [-0.2, -0.15) is 0 Å². The van der Waals surface area contributed by atoms with Crippen molar-refractivity contribution in [2.45, 2.75) is 13.0 Å². The summed E-state index contributed by atoms with van der Waals surface area (Å²) in [6, 6.07) is 6.01. The van der Waals surface area contributed by atoms with Gasteiger partial charge in [-0.1, -0.05) is 6.07 Å². The van der Waals surface area contributed by atoms with Gasteiger partial charge in [0.2, 0.25) is 5.91 Å². The zero-order valence-electron chi connectivity index (χ0n) is 9.28. The molecule has 0 spiro atoms. The lowest BCUT2D eigenvalue weighted by molar-refractivity contribution is -0.122. The van der Waals surface area contributed by atoms with Crippen LogP contribution >= 0.6 is 0 Å². The molecule has 0 saturated carbocycles. The zero-order valence-corrected chi connectivity index (χ0v) is 9.28. The molecule has 2 amide bonds. The maximum Gasteiger partial charge on any atom is 0.251 e. The topological polar surface area (TPSA) is 84.2 Å². The van der Waals surface area contributed by atoms with Crippen molar-refractivity contribution in [1.82, 2.24) is 10.6 Å². The van der Waals surface area contributed by atoms with E-state index < -0.39 is 6.04 Å². The van der Waals surface area contributed by atoms with Crippen molar-refractivity contribution in [2.75, 3.05) is 12.8 Å². The molecule has 0 aliphatic rings. The van der Waals surface area contributed by atoms with Gasteiger partial charge in [-0.05, 0) is 25.1 Å². The van der Waals surface area contributed by atoms with Crippen molar-refractivity contribution in [2.24, 2.45) is 0 Å². The third-order valence-corrected chi connectivity index (χ3v) is 2.14. The van der Waals surface area contributed by atoms with Gasteiger partial charge in [0.15, 0.2) is 0 Å². The summed E-state index contributed by atoms with van der Waals surface area (Å²) < 4.78 is 0. The van der Waals surface area contributed by atoms with E-state index in [2.05, 4.69) is 10.6 Å². The van der Waals surface area contributed by atoms with Crippen LogP contribution in [0.1, 0.15) is 17.3 Å². The van der Waals surface area contributed by atoms with Gasteiger partial charge in [-0.25, -0.2) is 0 Å². The van der Waals surface area contributed by atoms with Gasteiger partial charge < -0.3 is 16.4 Å². The Morgan fingerprint density at radius 2 is 2.06 bits per heavy atom. The molecule has 5 nitrogen and oxygen atoms in total. The van der Waals surface area contributed by atoms with E-state index >= 15 is 0 Å².